The number of aromatic hydroxyl groups is 1. The second kappa shape index (κ2) is 12.5. The van der Waals surface area contributed by atoms with Crippen LogP contribution in [0.2, 0.25) is 0 Å². The molecule has 5 atom stereocenters. The Morgan fingerprint density at radius 3 is 2.28 bits per heavy atom. The maximum absolute atomic E-state index is 15.1. The lowest BCUT2D eigenvalue weighted by molar-refractivity contribution is -0.219. The van der Waals surface area contributed by atoms with Crippen molar-refractivity contribution in [3.05, 3.63) is 69.0 Å². The van der Waals surface area contributed by atoms with Crippen LogP contribution in [0.15, 0.2) is 52.4 Å². The Bertz CT molecular complexity index is 1640. The summed E-state index contributed by atoms with van der Waals surface area (Å²) in [7, 11) is 1.50. The van der Waals surface area contributed by atoms with Crippen LogP contribution >= 0.6 is 0 Å². The number of ketones is 2. The highest BCUT2D eigenvalue weighted by atomic mass is 16.6. The molecule has 0 saturated heterocycles. The number of phenols is 1. The van der Waals surface area contributed by atoms with Gasteiger partial charge in [0, 0.05) is 17.9 Å². The molecule has 47 heavy (non-hydrogen) atoms. The summed E-state index contributed by atoms with van der Waals surface area (Å²) in [5.74, 6) is -0.633. The number of fused-ring (bicyclic) bond motifs is 4. The van der Waals surface area contributed by atoms with Crippen LogP contribution in [0.1, 0.15) is 116 Å². The summed E-state index contributed by atoms with van der Waals surface area (Å²) in [5.41, 5.74) is 1.17. The topological polar surface area (TPSA) is 91.3 Å². The molecule has 1 saturated carbocycles. The number of hydrogen-bond donors (Lipinski definition) is 1. The van der Waals surface area contributed by atoms with Gasteiger partial charge in [-0.05, 0) is 100 Å². The monoisotopic (exact) mass is 644 g/mol. The van der Waals surface area contributed by atoms with Crippen molar-refractivity contribution in [3.8, 4) is 17.2 Å². The zero-order valence-corrected chi connectivity index (χ0v) is 30.1. The molecular weight excluding hydrogens is 592 g/mol. The number of phenolic OH excluding ortho intramolecular Hbond substituents is 1. The Labute approximate surface area is 280 Å². The summed E-state index contributed by atoms with van der Waals surface area (Å²) >= 11 is 0. The van der Waals surface area contributed by atoms with E-state index in [4.69, 9.17) is 18.9 Å². The van der Waals surface area contributed by atoms with Gasteiger partial charge in [0.2, 0.25) is 5.78 Å². The van der Waals surface area contributed by atoms with Crippen molar-refractivity contribution in [2.45, 2.75) is 124 Å². The molecule has 2 heterocycles. The second-order valence-electron chi connectivity index (χ2n) is 15.0. The quantitative estimate of drug-likeness (QED) is 0.255. The number of allylic oxidation sites excluding steroid dienone is 6. The van der Waals surface area contributed by atoms with Gasteiger partial charge < -0.3 is 24.1 Å². The fourth-order valence-electron chi connectivity index (χ4n) is 7.92. The molecule has 1 fully saturated rings. The molecule has 1 N–H and O–H groups in total. The van der Waals surface area contributed by atoms with E-state index in [-0.39, 0.29) is 46.9 Å². The first-order valence-corrected chi connectivity index (χ1v) is 17.0. The molecule has 3 aliphatic carbocycles. The van der Waals surface area contributed by atoms with E-state index in [0.29, 0.717) is 35.5 Å². The fourth-order valence-corrected chi connectivity index (χ4v) is 7.92. The summed E-state index contributed by atoms with van der Waals surface area (Å²) in [4.78, 5) is 29.8. The molecule has 2 aliphatic heterocycles. The summed E-state index contributed by atoms with van der Waals surface area (Å²) in [6.07, 6.45) is 12.4. The fraction of sp³-hybridized carbons (Fsp3) is 0.550. The van der Waals surface area contributed by atoms with E-state index >= 15 is 4.79 Å². The van der Waals surface area contributed by atoms with Crippen molar-refractivity contribution < 1.29 is 33.6 Å². The van der Waals surface area contributed by atoms with Crippen molar-refractivity contribution in [1.82, 2.24) is 0 Å². The van der Waals surface area contributed by atoms with E-state index in [2.05, 4.69) is 26.0 Å². The SMILES string of the molecule is COC1=C2C(=O)c3c(O)c4c(c(CC=C(C)C)c3O[C@@]23[C@H](C)C[C@@H]1C(=O)[C@]3(CC=C(C)C)OC(C)C)OC(C)(CCC=C(C)C)C=C4. The summed E-state index contributed by atoms with van der Waals surface area (Å²) in [6, 6.07) is 0. The first-order chi connectivity index (χ1) is 22.0. The molecule has 254 valence electrons. The second-order valence-corrected chi connectivity index (χ2v) is 15.0. The Kier molecular flexibility index (Phi) is 9.21. The van der Waals surface area contributed by atoms with Gasteiger partial charge in [0.05, 0.1) is 30.3 Å². The average Bonchev–Trinajstić information content (AvgIpc) is 2.97. The molecular formula is C40H52O7. The Morgan fingerprint density at radius 1 is 1.02 bits per heavy atom. The molecule has 0 aromatic heterocycles. The minimum absolute atomic E-state index is 0.0744. The van der Waals surface area contributed by atoms with E-state index in [1.54, 1.807) is 0 Å². The number of benzene rings is 1. The maximum Gasteiger partial charge on any atom is 0.204 e. The van der Waals surface area contributed by atoms with E-state index in [9.17, 15) is 9.90 Å². The van der Waals surface area contributed by atoms with Gasteiger partial charge in [-0.3, -0.25) is 9.59 Å². The number of hydrogen-bond acceptors (Lipinski definition) is 7. The molecule has 5 aliphatic rings. The largest absolute Gasteiger partial charge is 0.506 e. The predicted molar refractivity (Wildman–Crippen MR) is 185 cm³/mol. The number of methoxy groups -OCH3 is 1. The van der Waals surface area contributed by atoms with E-state index < -0.39 is 28.5 Å². The molecule has 1 spiro atoms. The van der Waals surface area contributed by atoms with Crippen LogP contribution in [0.3, 0.4) is 0 Å². The zero-order valence-electron chi connectivity index (χ0n) is 30.1. The number of ether oxygens (including phenoxy) is 4. The predicted octanol–water partition coefficient (Wildman–Crippen LogP) is 8.78. The molecule has 1 unspecified atom stereocenters. The first-order valence-electron chi connectivity index (χ1n) is 17.0. The van der Waals surface area contributed by atoms with Gasteiger partial charge in [0.25, 0.3) is 0 Å². The number of rotatable bonds is 10. The lowest BCUT2D eigenvalue weighted by Crippen LogP contribution is -2.77. The minimum atomic E-state index is -1.50. The first kappa shape index (κ1) is 34.7. The number of carbonyl (C=O) groups is 2. The molecule has 0 radical (unpaired) electrons. The third-order valence-corrected chi connectivity index (χ3v) is 10.1. The van der Waals surface area contributed by atoms with Gasteiger partial charge in [-0.15, -0.1) is 0 Å². The number of Topliss-reactive ketones (excluding diaryl/α,β-unsaturated/α-hetero) is 2. The third kappa shape index (κ3) is 5.48. The normalized spacial score (nSPS) is 28.6. The van der Waals surface area contributed by atoms with Crippen LogP contribution < -0.4 is 9.47 Å². The number of carbonyl (C=O) groups excluding carboxylic acids is 2. The van der Waals surface area contributed by atoms with Gasteiger partial charge in [-0.2, -0.15) is 0 Å². The van der Waals surface area contributed by atoms with Crippen molar-refractivity contribution in [2.24, 2.45) is 11.8 Å². The lowest BCUT2D eigenvalue weighted by atomic mass is 9.50. The molecule has 7 heteroatoms. The van der Waals surface area contributed by atoms with Gasteiger partial charge in [0.1, 0.15) is 34.2 Å². The van der Waals surface area contributed by atoms with Crippen molar-refractivity contribution >= 4 is 17.6 Å². The van der Waals surface area contributed by atoms with Crippen molar-refractivity contribution in [2.75, 3.05) is 7.11 Å². The van der Waals surface area contributed by atoms with E-state index in [1.165, 1.54) is 12.7 Å². The summed E-state index contributed by atoms with van der Waals surface area (Å²) < 4.78 is 26.8. The minimum Gasteiger partial charge on any atom is -0.506 e. The highest BCUT2D eigenvalue weighted by molar-refractivity contribution is 6.19. The van der Waals surface area contributed by atoms with E-state index in [0.717, 1.165) is 24.0 Å². The molecule has 2 bridgehead atoms. The van der Waals surface area contributed by atoms with Crippen LogP contribution in [-0.2, 0) is 20.7 Å². The molecule has 1 aromatic carbocycles. The standard InChI is InChI=1S/C40H52O7/c1-22(2)13-12-18-38(10)19-17-27-32(41)30-33(42)31-36(44-11)29-21-26(9)40(31,39(37(29)43,45-25(7)8)20-16-24(5)6)47-35(30)28(34(27)46-38)15-14-23(3)4/h13-14,16-17,19,25-26,29,41H,12,15,18,20-21H2,1-11H3/t26-,29+,38?,39+,40+/m1/s1. The van der Waals surface area contributed by atoms with Gasteiger partial charge in [-0.1, -0.05) is 41.9 Å². The Morgan fingerprint density at radius 2 is 1.68 bits per heavy atom. The van der Waals surface area contributed by atoms with Crippen molar-refractivity contribution in [1.29, 1.82) is 0 Å². The van der Waals surface area contributed by atoms with E-state index in [1.807, 2.05) is 73.6 Å². The molecule has 1 aromatic rings. The molecule has 6 rings (SSSR count). The molecule has 0 amide bonds. The van der Waals surface area contributed by atoms with Crippen molar-refractivity contribution in [3.63, 3.8) is 0 Å². The highest BCUT2D eigenvalue weighted by Gasteiger charge is 2.75. The van der Waals surface area contributed by atoms with Gasteiger partial charge in [0.15, 0.2) is 17.0 Å². The third-order valence-electron chi connectivity index (χ3n) is 10.1. The van der Waals surface area contributed by atoms with Gasteiger partial charge >= 0.3 is 0 Å². The van der Waals surface area contributed by atoms with Crippen LogP contribution in [-0.4, -0.2) is 46.7 Å². The maximum atomic E-state index is 15.1. The smallest absolute Gasteiger partial charge is 0.204 e. The average molecular weight is 645 g/mol. The Balaban J connectivity index is 1.84. The van der Waals surface area contributed by atoms with Crippen LogP contribution in [0.25, 0.3) is 6.08 Å². The van der Waals surface area contributed by atoms with Crippen LogP contribution in [0.5, 0.6) is 17.2 Å². The lowest BCUT2D eigenvalue weighted by Gasteiger charge is -2.61. The highest BCUT2D eigenvalue weighted by Crippen LogP contribution is 2.64. The Hall–Kier alpha value is -3.58. The van der Waals surface area contributed by atoms with Crippen LogP contribution in [0.4, 0.5) is 0 Å². The summed E-state index contributed by atoms with van der Waals surface area (Å²) in [5, 5.41) is 11.9. The van der Waals surface area contributed by atoms with Gasteiger partial charge in [-0.25, -0.2) is 0 Å². The zero-order chi connectivity index (χ0) is 34.6. The van der Waals surface area contributed by atoms with Crippen LogP contribution in [0, 0.1) is 11.8 Å². The summed E-state index contributed by atoms with van der Waals surface area (Å²) in [6.45, 7) is 20.0. The molecule has 7 nitrogen and oxygen atoms in total.